The SMILES string of the molecule is Cc1ccccc1CN(C(=O)CN(c1ccc(F)cc1)S(=O)(=O)N(C)C)[C@@H](Cc1ccccc1)C(=O)NC(C)C. The molecule has 0 fully saturated rings. The predicted octanol–water partition coefficient (Wildman–Crippen LogP) is 3.91. The molecule has 2 amide bonds. The summed E-state index contributed by atoms with van der Waals surface area (Å²) in [5.41, 5.74) is 2.74. The lowest BCUT2D eigenvalue weighted by atomic mass is 10.0. The number of hydrogen-bond donors (Lipinski definition) is 1. The van der Waals surface area contributed by atoms with Crippen LogP contribution in [0, 0.1) is 12.7 Å². The zero-order valence-corrected chi connectivity index (χ0v) is 24.4. The third kappa shape index (κ3) is 7.89. The van der Waals surface area contributed by atoms with Crippen LogP contribution in [-0.2, 0) is 32.8 Å². The Morgan fingerprint density at radius 1 is 0.900 bits per heavy atom. The molecular weight excluding hydrogens is 531 g/mol. The van der Waals surface area contributed by atoms with Gasteiger partial charge >= 0.3 is 10.2 Å². The van der Waals surface area contributed by atoms with Crippen molar-refractivity contribution in [2.24, 2.45) is 0 Å². The molecule has 0 aliphatic carbocycles. The van der Waals surface area contributed by atoms with Gasteiger partial charge in [-0.25, -0.2) is 8.70 Å². The standard InChI is InChI=1S/C30H37FN4O4S/c1-22(2)32-30(37)28(19-24-12-7-6-8-13-24)34(20-25-14-10-9-11-23(25)3)29(36)21-35(40(38,39)33(4)5)27-17-15-26(31)16-18-27/h6-18,22,28H,19-21H2,1-5H3,(H,32,37)/t28-/m0/s1. The van der Waals surface area contributed by atoms with Gasteiger partial charge < -0.3 is 10.2 Å². The summed E-state index contributed by atoms with van der Waals surface area (Å²) in [6.45, 7) is 5.10. The Kier molecular flexibility index (Phi) is 10.4. The van der Waals surface area contributed by atoms with Crippen LogP contribution in [0.5, 0.6) is 0 Å². The molecule has 0 heterocycles. The van der Waals surface area contributed by atoms with Gasteiger partial charge in [0.05, 0.1) is 5.69 Å². The molecule has 1 N–H and O–H groups in total. The number of amides is 2. The summed E-state index contributed by atoms with van der Waals surface area (Å²) in [7, 11) is -1.43. The van der Waals surface area contributed by atoms with Gasteiger partial charge in [-0.05, 0) is 61.7 Å². The van der Waals surface area contributed by atoms with Crippen molar-refractivity contribution in [3.8, 4) is 0 Å². The monoisotopic (exact) mass is 568 g/mol. The average Bonchev–Trinajstić information content (AvgIpc) is 2.90. The number of halogens is 1. The molecule has 3 aromatic carbocycles. The van der Waals surface area contributed by atoms with Crippen LogP contribution in [0.1, 0.15) is 30.5 Å². The second kappa shape index (κ2) is 13.5. The van der Waals surface area contributed by atoms with E-state index in [1.165, 1.54) is 31.1 Å². The summed E-state index contributed by atoms with van der Waals surface area (Å²) < 4.78 is 42.3. The molecule has 3 rings (SSSR count). The maximum Gasteiger partial charge on any atom is 0.304 e. The minimum atomic E-state index is -4.14. The first kappa shape index (κ1) is 30.8. The molecule has 40 heavy (non-hydrogen) atoms. The Bertz CT molecular complexity index is 1400. The van der Waals surface area contributed by atoms with Gasteiger partial charge in [0.25, 0.3) is 0 Å². The molecule has 0 saturated heterocycles. The zero-order valence-electron chi connectivity index (χ0n) is 23.5. The fourth-order valence-corrected chi connectivity index (χ4v) is 5.29. The zero-order chi connectivity index (χ0) is 29.4. The summed E-state index contributed by atoms with van der Waals surface area (Å²) in [6, 6.07) is 20.7. The minimum Gasteiger partial charge on any atom is -0.352 e. The topological polar surface area (TPSA) is 90.0 Å². The molecule has 0 radical (unpaired) electrons. The fraction of sp³-hybridized carbons (Fsp3) is 0.333. The first-order valence-electron chi connectivity index (χ1n) is 13.0. The smallest absolute Gasteiger partial charge is 0.304 e. The van der Waals surface area contributed by atoms with Crippen molar-refractivity contribution < 1.29 is 22.4 Å². The highest BCUT2D eigenvalue weighted by Crippen LogP contribution is 2.23. The number of rotatable bonds is 12. The van der Waals surface area contributed by atoms with Gasteiger partial charge in [0, 0.05) is 33.1 Å². The maximum atomic E-state index is 14.1. The number of carbonyl (C=O) groups excluding carboxylic acids is 2. The van der Waals surface area contributed by atoms with Crippen LogP contribution in [0.15, 0.2) is 78.9 Å². The van der Waals surface area contributed by atoms with Crippen molar-refractivity contribution in [1.29, 1.82) is 0 Å². The van der Waals surface area contributed by atoms with Crippen LogP contribution >= 0.6 is 0 Å². The molecule has 0 spiro atoms. The number of aryl methyl sites for hydroxylation is 1. The summed E-state index contributed by atoms with van der Waals surface area (Å²) in [5.74, 6) is -1.45. The van der Waals surface area contributed by atoms with Gasteiger partial charge in [0.2, 0.25) is 11.8 Å². The molecule has 8 nitrogen and oxygen atoms in total. The lowest BCUT2D eigenvalue weighted by Crippen LogP contribution is -2.55. The first-order valence-corrected chi connectivity index (χ1v) is 14.4. The number of nitrogens with one attached hydrogen (secondary N) is 1. The van der Waals surface area contributed by atoms with E-state index in [0.29, 0.717) is 0 Å². The van der Waals surface area contributed by atoms with Crippen molar-refractivity contribution in [3.63, 3.8) is 0 Å². The highest BCUT2D eigenvalue weighted by atomic mass is 32.2. The second-order valence-corrected chi connectivity index (χ2v) is 12.2. The van der Waals surface area contributed by atoms with Gasteiger partial charge in [-0.15, -0.1) is 0 Å². The van der Waals surface area contributed by atoms with Crippen molar-refractivity contribution in [3.05, 3.63) is 101 Å². The van der Waals surface area contributed by atoms with Gasteiger partial charge in [-0.2, -0.15) is 12.7 Å². The average molecular weight is 569 g/mol. The van der Waals surface area contributed by atoms with Gasteiger partial charge in [-0.3, -0.25) is 9.59 Å². The molecule has 1 atom stereocenters. The van der Waals surface area contributed by atoms with E-state index in [4.69, 9.17) is 0 Å². The Hall–Kier alpha value is -3.76. The molecule has 0 unspecified atom stereocenters. The molecule has 0 bridgehead atoms. The first-order chi connectivity index (χ1) is 18.9. The summed E-state index contributed by atoms with van der Waals surface area (Å²) in [6.07, 6.45) is 0.230. The Labute approximate surface area is 236 Å². The number of nitrogens with zero attached hydrogens (tertiary/aromatic N) is 3. The normalized spacial score (nSPS) is 12.3. The minimum absolute atomic E-state index is 0.0911. The maximum absolute atomic E-state index is 14.1. The fourth-order valence-electron chi connectivity index (χ4n) is 4.23. The molecule has 0 aliphatic heterocycles. The Morgan fingerprint density at radius 3 is 2.08 bits per heavy atom. The van der Waals surface area contributed by atoms with Gasteiger partial charge in [0.15, 0.2) is 0 Å². The van der Waals surface area contributed by atoms with E-state index in [0.717, 1.165) is 37.4 Å². The van der Waals surface area contributed by atoms with Crippen molar-refractivity contribution in [2.75, 3.05) is 24.9 Å². The molecule has 214 valence electrons. The Morgan fingerprint density at radius 2 is 1.50 bits per heavy atom. The van der Waals surface area contributed by atoms with Gasteiger partial charge in [-0.1, -0.05) is 54.6 Å². The molecule has 0 aromatic heterocycles. The van der Waals surface area contributed by atoms with Crippen LogP contribution in [0.25, 0.3) is 0 Å². The molecule has 0 aliphatic rings. The third-order valence-electron chi connectivity index (χ3n) is 6.44. The van der Waals surface area contributed by atoms with E-state index in [-0.39, 0.29) is 30.6 Å². The van der Waals surface area contributed by atoms with Crippen LogP contribution in [0.2, 0.25) is 0 Å². The second-order valence-electron chi connectivity index (χ2n) is 10.1. The van der Waals surface area contributed by atoms with Crippen LogP contribution in [-0.4, -0.2) is 62.2 Å². The van der Waals surface area contributed by atoms with Crippen molar-refractivity contribution in [2.45, 2.75) is 45.8 Å². The quantitative estimate of drug-likeness (QED) is 0.359. The number of hydrogen-bond acceptors (Lipinski definition) is 4. The number of carbonyl (C=O) groups is 2. The molecule has 10 heteroatoms. The highest BCUT2D eigenvalue weighted by Gasteiger charge is 2.35. The van der Waals surface area contributed by atoms with E-state index in [9.17, 15) is 22.4 Å². The third-order valence-corrected chi connectivity index (χ3v) is 8.26. The van der Waals surface area contributed by atoms with Crippen LogP contribution in [0.3, 0.4) is 0 Å². The summed E-state index contributed by atoms with van der Waals surface area (Å²) in [5, 5.41) is 2.92. The van der Waals surface area contributed by atoms with E-state index in [2.05, 4.69) is 5.32 Å². The lowest BCUT2D eigenvalue weighted by molar-refractivity contribution is -0.140. The predicted molar refractivity (Wildman–Crippen MR) is 155 cm³/mol. The Balaban J connectivity index is 2.10. The van der Waals surface area contributed by atoms with E-state index < -0.39 is 34.5 Å². The lowest BCUT2D eigenvalue weighted by Gasteiger charge is -2.35. The van der Waals surface area contributed by atoms with Gasteiger partial charge in [0.1, 0.15) is 18.4 Å². The van der Waals surface area contributed by atoms with Crippen molar-refractivity contribution in [1.82, 2.24) is 14.5 Å². The molecule has 3 aromatic rings. The van der Waals surface area contributed by atoms with E-state index in [1.807, 2.05) is 75.4 Å². The number of anilines is 1. The largest absolute Gasteiger partial charge is 0.352 e. The summed E-state index contributed by atoms with van der Waals surface area (Å²) in [4.78, 5) is 29.2. The number of benzene rings is 3. The van der Waals surface area contributed by atoms with Crippen LogP contribution < -0.4 is 9.62 Å². The van der Waals surface area contributed by atoms with E-state index in [1.54, 1.807) is 0 Å². The summed E-state index contributed by atoms with van der Waals surface area (Å²) >= 11 is 0. The van der Waals surface area contributed by atoms with E-state index >= 15 is 0 Å². The van der Waals surface area contributed by atoms with Crippen LogP contribution in [0.4, 0.5) is 10.1 Å². The molecule has 0 saturated carbocycles. The highest BCUT2D eigenvalue weighted by molar-refractivity contribution is 7.90. The molecular formula is C30H37FN4O4S. The van der Waals surface area contributed by atoms with Crippen molar-refractivity contribution >= 4 is 27.7 Å².